The average Bonchev–Trinajstić information content (AvgIpc) is 3.16. The molecule has 11 heteroatoms. The first kappa shape index (κ1) is 20.5. The normalized spacial score (nSPS) is 24.1. The second-order valence-electron chi connectivity index (χ2n) is 9.11. The van der Waals surface area contributed by atoms with Crippen molar-refractivity contribution in [3.8, 4) is 0 Å². The van der Waals surface area contributed by atoms with E-state index >= 15 is 0 Å². The van der Waals surface area contributed by atoms with E-state index < -0.39 is 17.7 Å². The quantitative estimate of drug-likeness (QED) is 0.692. The van der Waals surface area contributed by atoms with Crippen LogP contribution in [0.15, 0.2) is 16.8 Å². The molecule has 4 heterocycles. The fourth-order valence-electron chi connectivity index (χ4n) is 4.06. The summed E-state index contributed by atoms with van der Waals surface area (Å²) in [5, 5.41) is 21.5. The molecule has 0 radical (unpaired) electrons. The van der Waals surface area contributed by atoms with E-state index in [1.807, 2.05) is 4.90 Å². The number of hydroxylamine groups is 2. The Labute approximate surface area is 174 Å². The molecule has 0 aliphatic carbocycles. The number of alkyl carbamates (subject to hydrolysis) is 1. The molecule has 164 valence electrons. The lowest BCUT2D eigenvalue weighted by atomic mass is 9.96. The van der Waals surface area contributed by atoms with Crippen molar-refractivity contribution in [3.05, 3.63) is 24.2 Å². The SMILES string of the molecule is C=C(NC(=O)OC(C)(C)C)N1CC(Cc2nnc([C@@H]3CC[C@@H]4CN3C(=O)N4O)o2)C1. The smallest absolute Gasteiger partial charge is 0.413 e. The van der Waals surface area contributed by atoms with Crippen molar-refractivity contribution in [1.29, 1.82) is 0 Å². The van der Waals surface area contributed by atoms with E-state index in [0.29, 0.717) is 62.4 Å². The number of hydrogen-bond acceptors (Lipinski definition) is 8. The zero-order chi connectivity index (χ0) is 21.6. The third-order valence-corrected chi connectivity index (χ3v) is 5.56. The first-order chi connectivity index (χ1) is 14.1. The lowest BCUT2D eigenvalue weighted by Crippen LogP contribution is -2.50. The lowest BCUT2D eigenvalue weighted by molar-refractivity contribution is -0.0584. The van der Waals surface area contributed by atoms with Crippen molar-refractivity contribution < 1.29 is 24.0 Å². The molecule has 0 spiro atoms. The lowest BCUT2D eigenvalue weighted by Gasteiger charge is -2.41. The highest BCUT2D eigenvalue weighted by molar-refractivity contribution is 5.76. The summed E-state index contributed by atoms with van der Waals surface area (Å²) in [6.07, 6.45) is 1.47. The van der Waals surface area contributed by atoms with Gasteiger partial charge >= 0.3 is 12.1 Å². The fourth-order valence-corrected chi connectivity index (χ4v) is 4.06. The van der Waals surface area contributed by atoms with Gasteiger partial charge in [0.15, 0.2) is 0 Å². The van der Waals surface area contributed by atoms with E-state index in [4.69, 9.17) is 9.15 Å². The predicted molar refractivity (Wildman–Crippen MR) is 103 cm³/mol. The van der Waals surface area contributed by atoms with Crippen LogP contribution >= 0.6 is 0 Å². The van der Waals surface area contributed by atoms with Crippen LogP contribution in [0.5, 0.6) is 0 Å². The molecule has 4 rings (SSSR count). The minimum atomic E-state index is -0.564. The number of nitrogens with zero attached hydrogens (tertiary/aromatic N) is 5. The van der Waals surface area contributed by atoms with Gasteiger partial charge in [0.2, 0.25) is 11.8 Å². The second-order valence-corrected chi connectivity index (χ2v) is 9.11. The summed E-state index contributed by atoms with van der Waals surface area (Å²) in [5.41, 5.74) is -0.564. The third-order valence-electron chi connectivity index (χ3n) is 5.56. The number of ether oxygens (including phenoxy) is 1. The minimum absolute atomic E-state index is 0.153. The van der Waals surface area contributed by atoms with E-state index in [1.165, 1.54) is 0 Å². The first-order valence-corrected chi connectivity index (χ1v) is 10.2. The van der Waals surface area contributed by atoms with Crippen LogP contribution in [0.4, 0.5) is 9.59 Å². The van der Waals surface area contributed by atoms with E-state index in [9.17, 15) is 14.8 Å². The fraction of sp³-hybridized carbons (Fsp3) is 0.684. The Morgan fingerprint density at radius 1 is 1.30 bits per heavy atom. The number of carbonyl (C=O) groups is 2. The summed E-state index contributed by atoms with van der Waals surface area (Å²) in [4.78, 5) is 27.5. The van der Waals surface area contributed by atoms with Crippen LogP contribution in [0.1, 0.15) is 51.4 Å². The number of carbonyl (C=O) groups excluding carboxylic acids is 2. The van der Waals surface area contributed by atoms with Crippen LogP contribution in [0.25, 0.3) is 0 Å². The molecule has 3 saturated heterocycles. The molecule has 2 atom stereocenters. The van der Waals surface area contributed by atoms with Crippen molar-refractivity contribution in [3.63, 3.8) is 0 Å². The molecule has 3 aliphatic rings. The van der Waals surface area contributed by atoms with E-state index in [2.05, 4.69) is 22.1 Å². The van der Waals surface area contributed by atoms with Crippen molar-refractivity contribution in [1.82, 2.24) is 30.4 Å². The number of fused-ring (bicyclic) bond motifs is 2. The predicted octanol–water partition coefficient (Wildman–Crippen LogP) is 1.87. The summed E-state index contributed by atoms with van der Waals surface area (Å²) in [6, 6.07) is -0.852. The van der Waals surface area contributed by atoms with E-state index in [0.717, 1.165) is 5.06 Å². The van der Waals surface area contributed by atoms with Crippen LogP contribution in [0, 0.1) is 5.92 Å². The Morgan fingerprint density at radius 2 is 2.03 bits per heavy atom. The van der Waals surface area contributed by atoms with Gasteiger partial charge in [-0.3, -0.25) is 10.5 Å². The van der Waals surface area contributed by atoms with Gasteiger partial charge in [0.25, 0.3) is 0 Å². The zero-order valence-corrected chi connectivity index (χ0v) is 17.5. The number of urea groups is 1. The summed E-state index contributed by atoms with van der Waals surface area (Å²) in [5.74, 6) is 1.74. The maximum absolute atomic E-state index is 12.1. The van der Waals surface area contributed by atoms with Gasteiger partial charge in [-0.2, -0.15) is 0 Å². The second kappa shape index (κ2) is 7.46. The van der Waals surface area contributed by atoms with Crippen LogP contribution in [-0.2, 0) is 11.2 Å². The molecular weight excluding hydrogens is 392 g/mol. The first-order valence-electron chi connectivity index (χ1n) is 10.2. The minimum Gasteiger partial charge on any atom is -0.444 e. The van der Waals surface area contributed by atoms with Crippen molar-refractivity contribution >= 4 is 12.1 Å². The van der Waals surface area contributed by atoms with Crippen LogP contribution in [0.2, 0.25) is 0 Å². The summed E-state index contributed by atoms with van der Waals surface area (Å²) in [6.45, 7) is 11.2. The van der Waals surface area contributed by atoms with E-state index in [1.54, 1.807) is 25.7 Å². The Bertz CT molecular complexity index is 843. The van der Waals surface area contributed by atoms with Crippen LogP contribution < -0.4 is 5.32 Å². The molecule has 1 aromatic rings. The number of aromatic nitrogens is 2. The van der Waals surface area contributed by atoms with Crippen LogP contribution in [-0.4, -0.2) is 73.7 Å². The maximum atomic E-state index is 12.1. The Kier molecular flexibility index (Phi) is 5.08. The molecule has 0 saturated carbocycles. The molecule has 11 nitrogen and oxygen atoms in total. The molecule has 3 aliphatic heterocycles. The van der Waals surface area contributed by atoms with E-state index in [-0.39, 0.29) is 12.1 Å². The molecule has 2 bridgehead atoms. The van der Waals surface area contributed by atoms with Gasteiger partial charge in [-0.05, 0) is 33.6 Å². The molecule has 2 N–H and O–H groups in total. The highest BCUT2D eigenvalue weighted by atomic mass is 16.6. The zero-order valence-electron chi connectivity index (χ0n) is 17.5. The van der Waals surface area contributed by atoms with Crippen molar-refractivity contribution in [2.24, 2.45) is 5.92 Å². The topological polar surface area (TPSA) is 124 Å². The summed E-state index contributed by atoms with van der Waals surface area (Å²) < 4.78 is 11.1. The molecule has 3 amide bonds. The highest BCUT2D eigenvalue weighted by Gasteiger charge is 2.46. The number of amides is 3. The Morgan fingerprint density at radius 3 is 2.73 bits per heavy atom. The molecule has 0 aromatic carbocycles. The molecule has 3 fully saturated rings. The third kappa shape index (κ3) is 4.07. The van der Waals surface area contributed by atoms with Gasteiger partial charge in [-0.25, -0.2) is 14.7 Å². The maximum Gasteiger partial charge on any atom is 0.413 e. The highest BCUT2D eigenvalue weighted by Crippen LogP contribution is 2.37. The van der Waals surface area contributed by atoms with Gasteiger partial charge in [0, 0.05) is 32.0 Å². The van der Waals surface area contributed by atoms with Crippen molar-refractivity contribution in [2.75, 3.05) is 19.6 Å². The van der Waals surface area contributed by atoms with Gasteiger partial charge in [0.05, 0.1) is 6.04 Å². The largest absolute Gasteiger partial charge is 0.444 e. The van der Waals surface area contributed by atoms with Gasteiger partial charge < -0.3 is 19.0 Å². The Balaban J connectivity index is 1.26. The summed E-state index contributed by atoms with van der Waals surface area (Å²) >= 11 is 0. The average molecular weight is 420 g/mol. The molecule has 1 aromatic heterocycles. The van der Waals surface area contributed by atoms with Crippen LogP contribution in [0.3, 0.4) is 0 Å². The van der Waals surface area contributed by atoms with Crippen molar-refractivity contribution in [2.45, 2.75) is 57.7 Å². The Hall–Kier alpha value is -2.82. The number of nitrogens with one attached hydrogen (secondary N) is 1. The summed E-state index contributed by atoms with van der Waals surface area (Å²) in [7, 11) is 0. The number of likely N-dealkylation sites (tertiary alicyclic amines) is 1. The van der Waals surface area contributed by atoms with Gasteiger partial charge in [0.1, 0.15) is 17.5 Å². The molecular formula is C19H28N6O5. The number of rotatable bonds is 5. The standard InChI is InChI=1S/C19H28N6O5/c1-11(20-17(26)30-19(2,3)4)23-8-12(9-23)7-15-21-22-16(29-15)14-6-5-13-10-24(14)18(27)25(13)28/h12-14,28H,1,5-10H2,2-4H3,(H,20,26)/t13-,14+/m1/s1. The monoisotopic (exact) mass is 420 g/mol. The molecule has 0 unspecified atom stereocenters. The number of piperidine rings is 1. The van der Waals surface area contributed by atoms with Gasteiger partial charge in [-0.1, -0.05) is 6.58 Å². The molecule has 30 heavy (non-hydrogen) atoms. The number of hydrogen-bond donors (Lipinski definition) is 2. The van der Waals surface area contributed by atoms with Gasteiger partial charge in [-0.15, -0.1) is 10.2 Å².